The van der Waals surface area contributed by atoms with Gasteiger partial charge in [-0.15, -0.1) is 0 Å². The fourth-order valence-corrected chi connectivity index (χ4v) is 4.59. The molecule has 0 aliphatic carbocycles. The molecule has 4 rings (SSSR count). The van der Waals surface area contributed by atoms with Gasteiger partial charge in [0.15, 0.2) is 0 Å². The molecular weight excluding hydrogens is 421 g/mol. The Kier molecular flexibility index (Phi) is 6.70. The lowest BCUT2D eigenvalue weighted by atomic mass is 9.75. The van der Waals surface area contributed by atoms with E-state index in [-0.39, 0.29) is 24.7 Å². The molecule has 2 aromatic rings. The highest BCUT2D eigenvalue weighted by atomic mass is 19.1. The van der Waals surface area contributed by atoms with Crippen LogP contribution in [-0.4, -0.2) is 72.2 Å². The first-order valence-corrected chi connectivity index (χ1v) is 11.2. The van der Waals surface area contributed by atoms with Crippen molar-refractivity contribution in [2.45, 2.75) is 18.3 Å². The summed E-state index contributed by atoms with van der Waals surface area (Å²) in [4.78, 5) is 43.6. The van der Waals surface area contributed by atoms with Gasteiger partial charge in [-0.2, -0.15) is 0 Å². The van der Waals surface area contributed by atoms with Crippen LogP contribution >= 0.6 is 0 Å². The average molecular weight is 450 g/mol. The van der Waals surface area contributed by atoms with Gasteiger partial charge in [-0.1, -0.05) is 54.6 Å². The molecular formula is C26H28FN3O3. The van der Waals surface area contributed by atoms with E-state index >= 15 is 0 Å². The normalized spacial score (nSPS) is 21.9. The van der Waals surface area contributed by atoms with Crippen LogP contribution in [-0.2, 0) is 19.8 Å². The smallest absolute Gasteiger partial charge is 0.240 e. The minimum atomic E-state index is -1.35. The van der Waals surface area contributed by atoms with E-state index in [9.17, 15) is 18.8 Å². The highest BCUT2D eigenvalue weighted by Crippen LogP contribution is 2.40. The fraction of sp³-hybridized carbons (Fsp3) is 0.346. The third-order valence-corrected chi connectivity index (χ3v) is 6.57. The summed E-state index contributed by atoms with van der Waals surface area (Å²) < 4.78 is 13.9. The molecule has 2 heterocycles. The third-order valence-electron chi connectivity index (χ3n) is 6.57. The first kappa shape index (κ1) is 22.9. The molecule has 3 amide bonds. The topological polar surface area (TPSA) is 60.9 Å². The Morgan fingerprint density at radius 1 is 1.03 bits per heavy atom. The van der Waals surface area contributed by atoms with E-state index in [1.54, 1.807) is 11.0 Å². The lowest BCUT2D eigenvalue weighted by Gasteiger charge is -2.36. The number of hydrogen-bond donors (Lipinski definition) is 0. The van der Waals surface area contributed by atoms with E-state index in [0.29, 0.717) is 18.7 Å². The maximum absolute atomic E-state index is 13.9. The van der Waals surface area contributed by atoms with Crippen molar-refractivity contribution in [2.75, 3.05) is 39.8 Å². The SMILES string of the molecule is CN1C(=O)CC(CC(=O)N2CCN(CC=Cc3ccccc3)CC2)(c2cccc(F)c2)C1=O. The maximum Gasteiger partial charge on any atom is 0.240 e. The molecule has 2 saturated heterocycles. The van der Waals surface area contributed by atoms with Gasteiger partial charge in [0.25, 0.3) is 0 Å². The van der Waals surface area contributed by atoms with Crippen molar-refractivity contribution in [1.82, 2.24) is 14.7 Å². The Morgan fingerprint density at radius 3 is 2.39 bits per heavy atom. The van der Waals surface area contributed by atoms with Gasteiger partial charge in [0.1, 0.15) is 5.82 Å². The number of carbonyl (C=O) groups is 3. The number of benzene rings is 2. The molecule has 0 aromatic heterocycles. The summed E-state index contributed by atoms with van der Waals surface area (Å²) in [5, 5.41) is 0. The summed E-state index contributed by atoms with van der Waals surface area (Å²) in [6.07, 6.45) is 3.94. The van der Waals surface area contributed by atoms with Crippen molar-refractivity contribution in [1.29, 1.82) is 0 Å². The molecule has 1 atom stereocenters. The summed E-state index contributed by atoms with van der Waals surface area (Å²) in [5.41, 5.74) is 0.179. The number of likely N-dealkylation sites (N-methyl/N-ethyl adjacent to an activating group) is 1. The van der Waals surface area contributed by atoms with Crippen molar-refractivity contribution in [3.8, 4) is 0 Å². The van der Waals surface area contributed by atoms with Crippen LogP contribution < -0.4 is 0 Å². The zero-order valence-electron chi connectivity index (χ0n) is 18.7. The van der Waals surface area contributed by atoms with E-state index in [0.717, 1.165) is 30.1 Å². The highest BCUT2D eigenvalue weighted by Gasteiger charge is 2.53. The number of hydrogen-bond acceptors (Lipinski definition) is 4. The van der Waals surface area contributed by atoms with E-state index in [2.05, 4.69) is 17.1 Å². The van der Waals surface area contributed by atoms with Gasteiger partial charge < -0.3 is 4.90 Å². The molecule has 2 fully saturated rings. The van der Waals surface area contributed by atoms with Gasteiger partial charge in [-0.05, 0) is 23.3 Å². The van der Waals surface area contributed by atoms with E-state index < -0.39 is 17.1 Å². The second kappa shape index (κ2) is 9.67. The zero-order chi connectivity index (χ0) is 23.4. The second-order valence-electron chi connectivity index (χ2n) is 8.70. The lowest BCUT2D eigenvalue weighted by molar-refractivity contribution is -0.142. The van der Waals surface area contributed by atoms with Crippen LogP contribution in [0.1, 0.15) is 24.0 Å². The van der Waals surface area contributed by atoms with Gasteiger partial charge in [-0.25, -0.2) is 4.39 Å². The molecule has 172 valence electrons. The quantitative estimate of drug-likeness (QED) is 0.637. The first-order valence-electron chi connectivity index (χ1n) is 11.2. The summed E-state index contributed by atoms with van der Waals surface area (Å²) in [7, 11) is 1.41. The summed E-state index contributed by atoms with van der Waals surface area (Å²) in [5.74, 6) is -1.48. The number of halogens is 1. The predicted molar refractivity (Wildman–Crippen MR) is 124 cm³/mol. The maximum atomic E-state index is 13.9. The van der Waals surface area contributed by atoms with Crippen LogP contribution in [0.25, 0.3) is 6.08 Å². The molecule has 7 heteroatoms. The number of nitrogens with zero attached hydrogens (tertiary/aromatic N) is 3. The standard InChI is InChI=1S/C26H28FN3O3/c1-28-23(31)18-26(25(28)33,21-10-5-11-22(27)17-21)19-24(32)30-15-13-29(14-16-30)12-6-9-20-7-3-2-4-8-20/h2-11,17H,12-16,18-19H2,1H3. The van der Waals surface area contributed by atoms with Crippen LogP contribution in [0.3, 0.4) is 0 Å². The Bertz CT molecular complexity index is 1060. The number of rotatable bonds is 6. The molecule has 0 radical (unpaired) electrons. The molecule has 2 aliphatic heterocycles. The number of amides is 3. The highest BCUT2D eigenvalue weighted by molar-refractivity contribution is 6.10. The Labute approximate surface area is 193 Å². The van der Waals surface area contributed by atoms with Crippen LogP contribution in [0.2, 0.25) is 0 Å². The summed E-state index contributed by atoms with van der Waals surface area (Å²) >= 11 is 0. The summed E-state index contributed by atoms with van der Waals surface area (Å²) in [6, 6.07) is 15.8. The van der Waals surface area contributed by atoms with Crippen LogP contribution in [0.4, 0.5) is 4.39 Å². The third kappa shape index (κ3) is 4.88. The number of likely N-dealkylation sites (tertiary alicyclic amines) is 1. The predicted octanol–water partition coefficient (Wildman–Crippen LogP) is 2.70. The molecule has 33 heavy (non-hydrogen) atoms. The monoisotopic (exact) mass is 449 g/mol. The van der Waals surface area contributed by atoms with Gasteiger partial charge in [0, 0.05) is 52.6 Å². The van der Waals surface area contributed by atoms with E-state index in [1.165, 1.54) is 25.2 Å². The minimum absolute atomic E-state index is 0.123. The van der Waals surface area contributed by atoms with Crippen molar-refractivity contribution in [3.05, 3.63) is 77.6 Å². The molecule has 0 spiro atoms. The fourth-order valence-electron chi connectivity index (χ4n) is 4.59. The Hall–Kier alpha value is -3.32. The average Bonchev–Trinajstić information content (AvgIpc) is 3.04. The van der Waals surface area contributed by atoms with Crippen LogP contribution in [0.5, 0.6) is 0 Å². The number of imide groups is 1. The van der Waals surface area contributed by atoms with Gasteiger partial charge in [0.2, 0.25) is 17.7 Å². The Balaban J connectivity index is 1.40. The zero-order valence-corrected chi connectivity index (χ0v) is 18.7. The number of carbonyl (C=O) groups excluding carboxylic acids is 3. The minimum Gasteiger partial charge on any atom is -0.340 e. The van der Waals surface area contributed by atoms with Gasteiger partial charge in [-0.3, -0.25) is 24.2 Å². The van der Waals surface area contributed by atoms with Crippen molar-refractivity contribution in [2.24, 2.45) is 0 Å². The lowest BCUT2D eigenvalue weighted by Crippen LogP contribution is -2.50. The second-order valence-corrected chi connectivity index (χ2v) is 8.70. The van der Waals surface area contributed by atoms with E-state index in [1.807, 2.05) is 30.3 Å². The molecule has 6 nitrogen and oxygen atoms in total. The molecule has 2 aromatic carbocycles. The molecule has 0 N–H and O–H groups in total. The Morgan fingerprint density at radius 2 is 1.76 bits per heavy atom. The van der Waals surface area contributed by atoms with Crippen LogP contribution in [0.15, 0.2) is 60.7 Å². The molecule has 2 aliphatic rings. The molecule has 1 unspecified atom stereocenters. The number of piperazine rings is 1. The first-order chi connectivity index (χ1) is 15.9. The van der Waals surface area contributed by atoms with Crippen molar-refractivity contribution < 1.29 is 18.8 Å². The van der Waals surface area contributed by atoms with Crippen LogP contribution in [0, 0.1) is 5.82 Å². The van der Waals surface area contributed by atoms with Crippen molar-refractivity contribution >= 4 is 23.8 Å². The molecule has 0 saturated carbocycles. The summed E-state index contributed by atoms with van der Waals surface area (Å²) in [6.45, 7) is 3.35. The van der Waals surface area contributed by atoms with Gasteiger partial charge in [0.05, 0.1) is 5.41 Å². The molecule has 0 bridgehead atoms. The largest absolute Gasteiger partial charge is 0.340 e. The van der Waals surface area contributed by atoms with Gasteiger partial charge >= 0.3 is 0 Å². The van der Waals surface area contributed by atoms with E-state index in [4.69, 9.17) is 0 Å². The van der Waals surface area contributed by atoms with Crippen molar-refractivity contribution in [3.63, 3.8) is 0 Å².